The maximum atomic E-state index is 9.23. The van der Waals surface area contributed by atoms with Gasteiger partial charge in [-0.1, -0.05) is 0 Å². The van der Waals surface area contributed by atoms with Crippen molar-refractivity contribution in [2.45, 2.75) is 0 Å². The summed E-state index contributed by atoms with van der Waals surface area (Å²) in [6.45, 7) is 0. The Morgan fingerprint density at radius 2 is 2.23 bits per heavy atom. The van der Waals surface area contributed by atoms with Crippen molar-refractivity contribution >= 4 is 16.6 Å². The Balaban J connectivity index is 2.79. The average Bonchev–Trinajstić information content (AvgIpc) is 2.17. The Hall–Kier alpha value is -1.88. The molecule has 5 heteroatoms. The molecule has 0 aliphatic rings. The van der Waals surface area contributed by atoms with Gasteiger partial charge in [-0.15, -0.1) is 0 Å². The van der Waals surface area contributed by atoms with E-state index in [9.17, 15) is 5.11 Å². The number of nitrogens with two attached hydrogens (primary N) is 1. The van der Waals surface area contributed by atoms with Crippen molar-refractivity contribution < 1.29 is 5.11 Å². The van der Waals surface area contributed by atoms with Gasteiger partial charge in [0.15, 0.2) is 0 Å². The predicted octanol–water partition coefficient (Wildman–Crippen LogP) is 0.621. The summed E-state index contributed by atoms with van der Waals surface area (Å²) < 4.78 is 0. The van der Waals surface area contributed by atoms with Crippen molar-refractivity contribution in [3.63, 3.8) is 0 Å². The fourth-order valence-corrected chi connectivity index (χ4v) is 1.16. The summed E-state index contributed by atoms with van der Waals surface area (Å²) in [5, 5.41) is 17.6. The van der Waals surface area contributed by atoms with Crippen LogP contribution in [-0.2, 0) is 0 Å². The van der Waals surface area contributed by atoms with Crippen LogP contribution in [0.5, 0.6) is 5.75 Å². The molecule has 1 aromatic heterocycles. The second-order valence-electron chi connectivity index (χ2n) is 2.60. The second kappa shape index (κ2) is 2.87. The summed E-state index contributed by atoms with van der Waals surface area (Å²) in [5.74, 6) is 5.44. The number of nitrogens with one attached hydrogen (secondary N) is 1. The molecule has 0 fully saturated rings. The highest BCUT2D eigenvalue weighted by molar-refractivity contribution is 5.91. The molecule has 1 aromatic carbocycles. The van der Waals surface area contributed by atoms with Gasteiger partial charge in [0, 0.05) is 5.39 Å². The molecule has 0 unspecified atom stereocenters. The van der Waals surface area contributed by atoms with Crippen LogP contribution in [0.15, 0.2) is 24.4 Å². The zero-order valence-electron chi connectivity index (χ0n) is 6.73. The number of hydrogen-bond acceptors (Lipinski definition) is 5. The Morgan fingerprint density at radius 3 is 3.00 bits per heavy atom. The number of benzene rings is 1. The quantitative estimate of drug-likeness (QED) is 0.438. The van der Waals surface area contributed by atoms with Crippen LogP contribution in [-0.4, -0.2) is 15.3 Å². The molecule has 0 saturated carbocycles. The van der Waals surface area contributed by atoms with Crippen LogP contribution in [0.25, 0.3) is 10.9 Å². The first-order valence-electron chi connectivity index (χ1n) is 3.72. The van der Waals surface area contributed by atoms with Crippen LogP contribution >= 0.6 is 0 Å². The summed E-state index contributed by atoms with van der Waals surface area (Å²) in [4.78, 5) is 0. The molecule has 66 valence electrons. The van der Waals surface area contributed by atoms with E-state index in [0.717, 1.165) is 5.39 Å². The van der Waals surface area contributed by atoms with Crippen molar-refractivity contribution in [3.8, 4) is 5.75 Å². The van der Waals surface area contributed by atoms with E-state index in [2.05, 4.69) is 15.6 Å². The molecule has 0 aliphatic carbocycles. The van der Waals surface area contributed by atoms with Crippen LogP contribution in [0.3, 0.4) is 0 Å². The third-order valence-corrected chi connectivity index (χ3v) is 1.78. The van der Waals surface area contributed by atoms with Crippen molar-refractivity contribution in [1.82, 2.24) is 10.2 Å². The number of phenols is 1. The number of rotatable bonds is 1. The predicted molar refractivity (Wildman–Crippen MR) is 49.0 cm³/mol. The topological polar surface area (TPSA) is 84.1 Å². The van der Waals surface area contributed by atoms with Crippen LogP contribution in [0.4, 0.5) is 5.69 Å². The van der Waals surface area contributed by atoms with E-state index in [0.29, 0.717) is 11.2 Å². The van der Waals surface area contributed by atoms with Gasteiger partial charge in [0.2, 0.25) is 0 Å². The van der Waals surface area contributed by atoms with Gasteiger partial charge in [0.25, 0.3) is 0 Å². The van der Waals surface area contributed by atoms with Crippen LogP contribution in [0.1, 0.15) is 0 Å². The molecule has 0 saturated heterocycles. The van der Waals surface area contributed by atoms with E-state index in [1.54, 1.807) is 18.2 Å². The largest absolute Gasteiger partial charge is 0.508 e. The maximum absolute atomic E-state index is 9.23. The molecule has 0 aliphatic heterocycles. The smallest absolute Gasteiger partial charge is 0.116 e. The van der Waals surface area contributed by atoms with Gasteiger partial charge in [-0.2, -0.15) is 10.2 Å². The lowest BCUT2D eigenvalue weighted by Crippen LogP contribution is -2.07. The minimum Gasteiger partial charge on any atom is -0.508 e. The summed E-state index contributed by atoms with van der Waals surface area (Å²) in [5.41, 5.74) is 3.81. The fourth-order valence-electron chi connectivity index (χ4n) is 1.16. The second-order valence-corrected chi connectivity index (χ2v) is 2.60. The zero-order valence-corrected chi connectivity index (χ0v) is 6.73. The minimum atomic E-state index is 0.178. The molecule has 13 heavy (non-hydrogen) atoms. The number of aromatic hydroxyl groups is 1. The first kappa shape index (κ1) is 7.75. The van der Waals surface area contributed by atoms with Gasteiger partial charge in [0.05, 0.1) is 17.4 Å². The SMILES string of the molecule is NNc1cnnc2ccc(O)cc12. The number of aromatic nitrogens is 2. The summed E-state index contributed by atoms with van der Waals surface area (Å²) in [7, 11) is 0. The van der Waals surface area contributed by atoms with Crippen molar-refractivity contribution in [1.29, 1.82) is 0 Å². The van der Waals surface area contributed by atoms with Gasteiger partial charge >= 0.3 is 0 Å². The number of fused-ring (bicyclic) bond motifs is 1. The van der Waals surface area contributed by atoms with Crippen LogP contribution in [0.2, 0.25) is 0 Å². The zero-order chi connectivity index (χ0) is 9.26. The van der Waals surface area contributed by atoms with E-state index in [1.807, 2.05) is 0 Å². The van der Waals surface area contributed by atoms with Crippen LogP contribution in [0, 0.1) is 0 Å². The average molecular weight is 176 g/mol. The van der Waals surface area contributed by atoms with E-state index < -0.39 is 0 Å². The molecular formula is C8H8N4O. The number of nitrogens with zero attached hydrogens (tertiary/aromatic N) is 2. The van der Waals surface area contributed by atoms with Gasteiger partial charge in [0.1, 0.15) is 5.75 Å². The first-order valence-corrected chi connectivity index (χ1v) is 3.72. The number of hydrogen-bond donors (Lipinski definition) is 3. The number of anilines is 1. The summed E-state index contributed by atoms with van der Waals surface area (Å²) >= 11 is 0. The standard InChI is InChI=1S/C8H8N4O/c9-11-8-4-10-12-7-2-1-5(13)3-6(7)8/h1-4,13H,9H2,(H,11,12). The number of nitrogen functional groups attached to an aromatic ring is 1. The monoisotopic (exact) mass is 176 g/mol. The molecule has 5 nitrogen and oxygen atoms in total. The first-order chi connectivity index (χ1) is 6.31. The molecule has 0 amide bonds. The van der Waals surface area contributed by atoms with Crippen molar-refractivity contribution in [2.75, 3.05) is 5.43 Å². The normalized spacial score (nSPS) is 10.2. The Morgan fingerprint density at radius 1 is 1.38 bits per heavy atom. The van der Waals surface area contributed by atoms with Gasteiger partial charge in [-0.3, -0.25) is 5.84 Å². The van der Waals surface area contributed by atoms with E-state index in [1.165, 1.54) is 6.20 Å². The third kappa shape index (κ3) is 1.25. The lowest BCUT2D eigenvalue weighted by molar-refractivity contribution is 0.476. The molecule has 2 aromatic rings. The molecule has 1 heterocycles. The Bertz CT molecular complexity index is 443. The molecule has 2 rings (SSSR count). The molecule has 0 atom stereocenters. The third-order valence-electron chi connectivity index (χ3n) is 1.78. The van der Waals surface area contributed by atoms with Crippen molar-refractivity contribution in [2.24, 2.45) is 5.84 Å². The van der Waals surface area contributed by atoms with E-state index in [-0.39, 0.29) is 5.75 Å². The van der Waals surface area contributed by atoms with Crippen LogP contribution < -0.4 is 11.3 Å². The Kier molecular flexibility index (Phi) is 1.71. The lowest BCUT2D eigenvalue weighted by Gasteiger charge is -2.03. The summed E-state index contributed by atoms with van der Waals surface area (Å²) in [6.07, 6.45) is 1.50. The molecule has 0 bridgehead atoms. The van der Waals surface area contributed by atoms with Gasteiger partial charge in [-0.05, 0) is 18.2 Å². The minimum absolute atomic E-state index is 0.178. The highest BCUT2D eigenvalue weighted by atomic mass is 16.3. The van der Waals surface area contributed by atoms with Gasteiger partial charge < -0.3 is 10.5 Å². The van der Waals surface area contributed by atoms with Gasteiger partial charge in [-0.25, -0.2) is 0 Å². The Labute approximate surface area is 74.2 Å². The highest BCUT2D eigenvalue weighted by Crippen LogP contribution is 2.23. The molecule has 4 N–H and O–H groups in total. The van der Waals surface area contributed by atoms with E-state index >= 15 is 0 Å². The summed E-state index contributed by atoms with van der Waals surface area (Å²) in [6, 6.07) is 4.81. The maximum Gasteiger partial charge on any atom is 0.116 e. The molecule has 0 spiro atoms. The number of phenolic OH excluding ortho intramolecular Hbond substituents is 1. The highest BCUT2D eigenvalue weighted by Gasteiger charge is 2.01. The number of hydrazine groups is 1. The van der Waals surface area contributed by atoms with E-state index in [4.69, 9.17) is 5.84 Å². The lowest BCUT2D eigenvalue weighted by atomic mass is 10.2. The van der Waals surface area contributed by atoms with Crippen molar-refractivity contribution in [3.05, 3.63) is 24.4 Å². The molecule has 0 radical (unpaired) electrons. The molecular weight excluding hydrogens is 168 g/mol. The fraction of sp³-hybridized carbons (Fsp3) is 0.